The molecule has 0 saturated heterocycles. The van der Waals surface area contributed by atoms with Crippen molar-refractivity contribution in [2.24, 2.45) is 17.8 Å². The molecule has 6 heteroatoms. The Balaban J connectivity index is 1.35. The van der Waals surface area contributed by atoms with E-state index in [1.807, 2.05) is 19.1 Å². The molecule has 3 aliphatic carbocycles. The van der Waals surface area contributed by atoms with Crippen molar-refractivity contribution < 1.29 is 24.5 Å². The summed E-state index contributed by atoms with van der Waals surface area (Å²) in [6, 6.07) is 0. The number of alkyl halides is 1. The van der Waals surface area contributed by atoms with E-state index in [-0.39, 0.29) is 41.5 Å². The minimum absolute atomic E-state index is 0.0259. The summed E-state index contributed by atoms with van der Waals surface area (Å²) in [6.07, 6.45) is 16.4. The minimum Gasteiger partial charge on any atom is -0.458 e. The van der Waals surface area contributed by atoms with Gasteiger partial charge in [0.15, 0.2) is 0 Å². The Morgan fingerprint density at radius 2 is 1.84 bits per heavy atom. The van der Waals surface area contributed by atoms with Gasteiger partial charge in [0.1, 0.15) is 12.2 Å². The van der Waals surface area contributed by atoms with E-state index in [2.05, 4.69) is 0 Å². The van der Waals surface area contributed by atoms with Gasteiger partial charge in [-0.2, -0.15) is 0 Å². The Kier molecular flexibility index (Phi) is 10.3. The lowest BCUT2D eigenvalue weighted by molar-refractivity contribution is -0.162. The van der Waals surface area contributed by atoms with Gasteiger partial charge in [-0.15, -0.1) is 11.6 Å². The van der Waals surface area contributed by atoms with Gasteiger partial charge < -0.3 is 19.7 Å². The highest BCUT2D eigenvalue weighted by Crippen LogP contribution is 2.42. The number of allylic oxidation sites excluding steroid dienone is 1. The molecule has 3 fully saturated rings. The van der Waals surface area contributed by atoms with Crippen LogP contribution in [-0.4, -0.2) is 52.6 Å². The summed E-state index contributed by atoms with van der Waals surface area (Å²) < 4.78 is 11.0. The molecule has 3 saturated carbocycles. The summed E-state index contributed by atoms with van der Waals surface area (Å²) in [5, 5.41) is 21.1. The predicted octanol–water partition coefficient (Wildman–Crippen LogP) is 5.15. The van der Waals surface area contributed by atoms with Crippen molar-refractivity contribution in [3.8, 4) is 0 Å². The monoisotopic (exact) mass is 470 g/mol. The van der Waals surface area contributed by atoms with Crippen molar-refractivity contribution in [2.75, 3.05) is 13.2 Å². The van der Waals surface area contributed by atoms with Crippen LogP contribution < -0.4 is 0 Å². The topological polar surface area (TPSA) is 76.0 Å². The van der Waals surface area contributed by atoms with Crippen LogP contribution >= 0.6 is 11.6 Å². The van der Waals surface area contributed by atoms with Crippen LogP contribution in [0.5, 0.6) is 0 Å². The Morgan fingerprint density at radius 3 is 2.56 bits per heavy atom. The van der Waals surface area contributed by atoms with Gasteiger partial charge >= 0.3 is 5.97 Å². The first kappa shape index (κ1) is 26.0. The minimum atomic E-state index is -0.391. The lowest BCUT2D eigenvalue weighted by atomic mass is 9.81. The first-order valence-electron chi connectivity index (χ1n) is 12.8. The molecular formula is C26H43ClO5. The highest BCUT2D eigenvalue weighted by atomic mass is 35.5. The number of ether oxygens (including phenoxy) is 2. The number of esters is 1. The van der Waals surface area contributed by atoms with Crippen LogP contribution in [0.1, 0.15) is 90.4 Å². The van der Waals surface area contributed by atoms with Gasteiger partial charge in [-0.25, -0.2) is 4.79 Å². The Morgan fingerprint density at radius 1 is 1.12 bits per heavy atom. The van der Waals surface area contributed by atoms with Gasteiger partial charge in [-0.1, -0.05) is 31.4 Å². The second-order valence-electron chi connectivity index (χ2n) is 10.5. The summed E-state index contributed by atoms with van der Waals surface area (Å²) in [6.45, 7) is 2.34. The van der Waals surface area contributed by atoms with E-state index in [1.165, 1.54) is 19.3 Å². The maximum atomic E-state index is 12.0. The zero-order chi connectivity index (χ0) is 23.0. The van der Waals surface area contributed by atoms with Crippen LogP contribution in [-0.2, 0) is 14.3 Å². The summed E-state index contributed by atoms with van der Waals surface area (Å²) in [7, 11) is 0. The van der Waals surface area contributed by atoms with Gasteiger partial charge in [0.2, 0.25) is 0 Å². The molecule has 32 heavy (non-hydrogen) atoms. The number of aliphatic hydroxyl groups excluding tert-OH is 2. The molecule has 0 aromatic rings. The molecule has 2 unspecified atom stereocenters. The maximum absolute atomic E-state index is 12.0. The average molecular weight is 471 g/mol. The van der Waals surface area contributed by atoms with Crippen molar-refractivity contribution in [1.29, 1.82) is 0 Å². The number of hydrogen-bond acceptors (Lipinski definition) is 5. The summed E-state index contributed by atoms with van der Waals surface area (Å²) in [5.41, 5.74) is -0.311. The fraction of sp³-hybridized carbons (Fsp3) is 0.885. The van der Waals surface area contributed by atoms with Crippen molar-refractivity contribution in [1.82, 2.24) is 0 Å². The van der Waals surface area contributed by atoms with E-state index in [1.54, 1.807) is 0 Å². The van der Waals surface area contributed by atoms with Crippen LogP contribution in [0.25, 0.3) is 0 Å². The molecule has 3 rings (SSSR count). The van der Waals surface area contributed by atoms with Gasteiger partial charge in [0, 0.05) is 5.38 Å². The number of carbonyl (C=O) groups excluding carboxylic acids is 1. The van der Waals surface area contributed by atoms with Crippen LogP contribution in [0.2, 0.25) is 0 Å². The molecule has 0 aromatic heterocycles. The Hall–Kier alpha value is -0.620. The van der Waals surface area contributed by atoms with Crippen LogP contribution in [0.15, 0.2) is 12.2 Å². The smallest absolute Gasteiger partial charge is 0.332 e. The lowest BCUT2D eigenvalue weighted by Gasteiger charge is -2.29. The molecular weight excluding hydrogens is 428 g/mol. The fourth-order valence-corrected chi connectivity index (χ4v) is 6.51. The quantitative estimate of drug-likeness (QED) is 0.189. The fourth-order valence-electron chi connectivity index (χ4n) is 6.04. The third kappa shape index (κ3) is 7.72. The molecule has 0 bridgehead atoms. The lowest BCUT2D eigenvalue weighted by Crippen LogP contribution is -2.30. The van der Waals surface area contributed by atoms with E-state index in [0.29, 0.717) is 18.9 Å². The van der Waals surface area contributed by atoms with Crippen LogP contribution in [0, 0.1) is 17.8 Å². The number of aliphatic hydroxyl groups is 2. The highest BCUT2D eigenvalue weighted by Gasteiger charge is 2.41. The summed E-state index contributed by atoms with van der Waals surface area (Å²) in [5.74, 6) is 0.462. The maximum Gasteiger partial charge on any atom is 0.332 e. The molecule has 0 radical (unpaired) electrons. The first-order valence-corrected chi connectivity index (χ1v) is 13.3. The van der Waals surface area contributed by atoms with E-state index in [4.69, 9.17) is 21.1 Å². The summed E-state index contributed by atoms with van der Waals surface area (Å²) in [4.78, 5) is 12.0. The number of hydrogen-bond donors (Lipinski definition) is 2. The molecule has 2 N–H and O–H groups in total. The van der Waals surface area contributed by atoms with E-state index < -0.39 is 6.10 Å². The van der Waals surface area contributed by atoms with Gasteiger partial charge in [0.25, 0.3) is 0 Å². The zero-order valence-corrected chi connectivity index (χ0v) is 20.5. The molecule has 0 heterocycles. The van der Waals surface area contributed by atoms with Crippen molar-refractivity contribution >= 4 is 17.6 Å². The normalized spacial score (nSPS) is 31.9. The standard InChI is InChI=1S/C26H43ClO5/c1-26(14-6-7-15-26)32-25(30)18-31-16-8-5-11-20-21(24(29)17-22(20)27)12-13-23(28)19-9-3-2-4-10-19/h5,8,19-24,28-29H,2-4,6-7,9-18H2,1H3/b8-5-/t20?,21?,22-,23-,24-/m0/s1. The number of rotatable bonds is 11. The third-order valence-electron chi connectivity index (χ3n) is 8.00. The molecule has 3 aliphatic rings. The highest BCUT2D eigenvalue weighted by molar-refractivity contribution is 6.21. The Bertz CT molecular complexity index is 597. The predicted molar refractivity (Wildman–Crippen MR) is 127 cm³/mol. The molecule has 0 amide bonds. The van der Waals surface area contributed by atoms with Gasteiger partial charge in [-0.05, 0) is 88.9 Å². The zero-order valence-electron chi connectivity index (χ0n) is 19.7. The third-order valence-corrected chi connectivity index (χ3v) is 8.50. The van der Waals surface area contributed by atoms with Crippen LogP contribution in [0.4, 0.5) is 0 Å². The molecule has 0 aliphatic heterocycles. The molecule has 0 spiro atoms. The second kappa shape index (κ2) is 12.7. The van der Waals surface area contributed by atoms with Gasteiger partial charge in [0.05, 0.1) is 18.8 Å². The van der Waals surface area contributed by atoms with Gasteiger partial charge in [-0.3, -0.25) is 0 Å². The largest absolute Gasteiger partial charge is 0.458 e. The molecule has 5 nitrogen and oxygen atoms in total. The van der Waals surface area contributed by atoms with E-state index in [0.717, 1.165) is 57.8 Å². The summed E-state index contributed by atoms with van der Waals surface area (Å²) >= 11 is 6.56. The first-order chi connectivity index (χ1) is 15.4. The molecule has 5 atom stereocenters. The van der Waals surface area contributed by atoms with Crippen LogP contribution in [0.3, 0.4) is 0 Å². The number of halogens is 1. The molecule has 0 aromatic carbocycles. The molecule has 184 valence electrons. The van der Waals surface area contributed by atoms with Crippen molar-refractivity contribution in [3.63, 3.8) is 0 Å². The second-order valence-corrected chi connectivity index (χ2v) is 11.1. The van der Waals surface area contributed by atoms with E-state index in [9.17, 15) is 15.0 Å². The average Bonchev–Trinajstić information content (AvgIpc) is 3.31. The van der Waals surface area contributed by atoms with Crippen molar-refractivity contribution in [2.45, 2.75) is 114 Å². The van der Waals surface area contributed by atoms with Crippen molar-refractivity contribution in [3.05, 3.63) is 12.2 Å². The number of carbonyl (C=O) groups is 1. The Labute approximate surface area is 198 Å². The SMILES string of the molecule is CC1(OC(=O)COC/C=C\CC2C(CC[C@H](O)C3CCCCC3)[C@@H](O)C[C@@H]2Cl)CCCC1. The van der Waals surface area contributed by atoms with E-state index >= 15 is 0 Å².